The van der Waals surface area contributed by atoms with Crippen LogP contribution in [0.2, 0.25) is 0 Å². The molecule has 2 nitrogen and oxygen atoms in total. The summed E-state index contributed by atoms with van der Waals surface area (Å²) in [6, 6.07) is 8.93. The van der Waals surface area contributed by atoms with Crippen molar-refractivity contribution in [2.24, 2.45) is 0 Å². The maximum Gasteiger partial charge on any atom is 0.108 e. The monoisotopic (exact) mass is 240 g/mol. The molecule has 0 radical (unpaired) electrons. The van der Waals surface area contributed by atoms with E-state index < -0.39 is 0 Å². The zero-order valence-corrected chi connectivity index (χ0v) is 11.0. The molecule has 0 bridgehead atoms. The molecule has 0 N–H and O–H groups in total. The van der Waals surface area contributed by atoms with Gasteiger partial charge in [-0.25, -0.2) is 4.98 Å². The standard InChI is InChI=1S/C16H20N2/c1-2-16-17-10-11-18(16)12-14-8-5-7-13-6-3-4-9-15(13)14/h3-4,6,9-11,14H,2,5,7-8,12H2,1H3. The van der Waals surface area contributed by atoms with E-state index in [4.69, 9.17) is 0 Å². The fraction of sp³-hybridized carbons (Fsp3) is 0.438. The van der Waals surface area contributed by atoms with Crippen LogP contribution in [0.25, 0.3) is 0 Å². The van der Waals surface area contributed by atoms with Crippen LogP contribution in [0.3, 0.4) is 0 Å². The Kier molecular flexibility index (Phi) is 3.18. The lowest BCUT2D eigenvalue weighted by Crippen LogP contribution is -2.16. The lowest BCUT2D eigenvalue weighted by atomic mass is 9.83. The van der Waals surface area contributed by atoms with Crippen molar-refractivity contribution in [3.05, 3.63) is 53.6 Å². The second-order valence-electron chi connectivity index (χ2n) is 5.14. The van der Waals surface area contributed by atoms with E-state index in [-0.39, 0.29) is 0 Å². The molecule has 0 saturated heterocycles. The summed E-state index contributed by atoms with van der Waals surface area (Å²) in [7, 11) is 0. The third-order valence-electron chi connectivity index (χ3n) is 4.03. The van der Waals surface area contributed by atoms with Crippen molar-refractivity contribution >= 4 is 0 Å². The average Bonchev–Trinajstić information content (AvgIpc) is 2.86. The topological polar surface area (TPSA) is 17.8 Å². The highest BCUT2D eigenvalue weighted by Gasteiger charge is 2.20. The smallest absolute Gasteiger partial charge is 0.108 e. The maximum absolute atomic E-state index is 4.42. The summed E-state index contributed by atoms with van der Waals surface area (Å²) in [5.41, 5.74) is 3.10. The summed E-state index contributed by atoms with van der Waals surface area (Å²) < 4.78 is 2.33. The van der Waals surface area contributed by atoms with Gasteiger partial charge in [-0.1, -0.05) is 31.2 Å². The third-order valence-corrected chi connectivity index (χ3v) is 4.03. The quantitative estimate of drug-likeness (QED) is 0.802. The zero-order valence-electron chi connectivity index (χ0n) is 11.0. The molecular weight excluding hydrogens is 220 g/mol. The summed E-state index contributed by atoms with van der Waals surface area (Å²) in [6.07, 6.45) is 8.93. The number of nitrogens with zero attached hydrogens (tertiary/aromatic N) is 2. The van der Waals surface area contributed by atoms with Crippen LogP contribution in [0.5, 0.6) is 0 Å². The van der Waals surface area contributed by atoms with Crippen molar-refractivity contribution < 1.29 is 0 Å². The van der Waals surface area contributed by atoms with Crippen LogP contribution in [-0.4, -0.2) is 9.55 Å². The lowest BCUT2D eigenvalue weighted by Gasteiger charge is -2.26. The van der Waals surface area contributed by atoms with E-state index in [9.17, 15) is 0 Å². The van der Waals surface area contributed by atoms with E-state index in [1.807, 2.05) is 6.20 Å². The van der Waals surface area contributed by atoms with Crippen molar-refractivity contribution in [2.75, 3.05) is 0 Å². The van der Waals surface area contributed by atoms with Crippen LogP contribution in [0.4, 0.5) is 0 Å². The van der Waals surface area contributed by atoms with Gasteiger partial charge >= 0.3 is 0 Å². The van der Waals surface area contributed by atoms with E-state index in [0.717, 1.165) is 13.0 Å². The molecule has 2 aromatic rings. The number of imidazole rings is 1. The highest BCUT2D eigenvalue weighted by Crippen LogP contribution is 2.32. The number of aromatic nitrogens is 2. The van der Waals surface area contributed by atoms with Crippen LogP contribution in [0.15, 0.2) is 36.7 Å². The predicted octanol–water partition coefficient (Wildman–Crippen LogP) is 3.57. The molecule has 1 aromatic heterocycles. The fourth-order valence-electron chi connectivity index (χ4n) is 3.10. The molecule has 1 aromatic carbocycles. The first-order chi connectivity index (χ1) is 8.88. The molecule has 18 heavy (non-hydrogen) atoms. The summed E-state index contributed by atoms with van der Waals surface area (Å²) >= 11 is 0. The van der Waals surface area contributed by atoms with E-state index in [1.54, 1.807) is 11.1 Å². The van der Waals surface area contributed by atoms with Crippen molar-refractivity contribution in [2.45, 2.75) is 45.1 Å². The van der Waals surface area contributed by atoms with Gasteiger partial charge < -0.3 is 4.57 Å². The number of hydrogen-bond donors (Lipinski definition) is 0. The fourth-order valence-corrected chi connectivity index (χ4v) is 3.10. The molecule has 1 aliphatic carbocycles. The SMILES string of the molecule is CCc1nccn1CC1CCCc2ccccc21. The second kappa shape index (κ2) is 4.97. The molecule has 2 heteroatoms. The van der Waals surface area contributed by atoms with Crippen LogP contribution in [0.1, 0.15) is 42.6 Å². The van der Waals surface area contributed by atoms with Gasteiger partial charge in [0, 0.05) is 31.3 Å². The van der Waals surface area contributed by atoms with Gasteiger partial charge in [-0.15, -0.1) is 0 Å². The maximum atomic E-state index is 4.42. The summed E-state index contributed by atoms with van der Waals surface area (Å²) in [5, 5.41) is 0. The molecule has 0 spiro atoms. The van der Waals surface area contributed by atoms with E-state index in [0.29, 0.717) is 5.92 Å². The van der Waals surface area contributed by atoms with Crippen LogP contribution in [-0.2, 0) is 19.4 Å². The molecule has 1 aliphatic rings. The van der Waals surface area contributed by atoms with Gasteiger partial charge in [0.15, 0.2) is 0 Å². The first kappa shape index (κ1) is 11.5. The second-order valence-corrected chi connectivity index (χ2v) is 5.14. The van der Waals surface area contributed by atoms with Gasteiger partial charge in [0.05, 0.1) is 0 Å². The lowest BCUT2D eigenvalue weighted by molar-refractivity contribution is 0.474. The number of fused-ring (bicyclic) bond motifs is 1. The van der Waals surface area contributed by atoms with E-state index >= 15 is 0 Å². The van der Waals surface area contributed by atoms with E-state index in [2.05, 4.69) is 46.9 Å². The molecule has 0 fully saturated rings. The molecular formula is C16H20N2. The Labute approximate surface area is 109 Å². The summed E-state index contributed by atoms with van der Waals surface area (Å²) in [6.45, 7) is 3.26. The highest BCUT2D eigenvalue weighted by atomic mass is 15.1. The number of rotatable bonds is 3. The Hall–Kier alpha value is -1.57. The van der Waals surface area contributed by atoms with Gasteiger partial charge in [-0.2, -0.15) is 0 Å². The Balaban J connectivity index is 1.86. The molecule has 1 heterocycles. The van der Waals surface area contributed by atoms with Crippen molar-refractivity contribution in [1.29, 1.82) is 0 Å². The Morgan fingerprint density at radius 1 is 1.33 bits per heavy atom. The van der Waals surface area contributed by atoms with Gasteiger partial charge in [-0.05, 0) is 30.4 Å². The molecule has 0 saturated carbocycles. The van der Waals surface area contributed by atoms with E-state index in [1.165, 1.54) is 25.1 Å². The van der Waals surface area contributed by atoms with Crippen LogP contribution in [0, 0.1) is 0 Å². The largest absolute Gasteiger partial charge is 0.334 e. The van der Waals surface area contributed by atoms with Crippen LogP contribution < -0.4 is 0 Å². The Morgan fingerprint density at radius 3 is 3.11 bits per heavy atom. The normalized spacial score (nSPS) is 18.6. The molecule has 1 atom stereocenters. The third kappa shape index (κ3) is 2.07. The zero-order chi connectivity index (χ0) is 12.4. The summed E-state index contributed by atoms with van der Waals surface area (Å²) in [5.74, 6) is 1.87. The molecule has 0 aliphatic heterocycles. The highest BCUT2D eigenvalue weighted by molar-refractivity contribution is 5.32. The van der Waals surface area contributed by atoms with Gasteiger partial charge in [0.2, 0.25) is 0 Å². The van der Waals surface area contributed by atoms with Crippen molar-refractivity contribution in [1.82, 2.24) is 9.55 Å². The predicted molar refractivity (Wildman–Crippen MR) is 73.7 cm³/mol. The molecule has 94 valence electrons. The number of aryl methyl sites for hydroxylation is 2. The summed E-state index contributed by atoms with van der Waals surface area (Å²) in [4.78, 5) is 4.42. The minimum Gasteiger partial charge on any atom is -0.334 e. The first-order valence-electron chi connectivity index (χ1n) is 6.96. The molecule has 3 rings (SSSR count). The molecule has 1 unspecified atom stereocenters. The average molecular weight is 240 g/mol. The number of hydrogen-bond acceptors (Lipinski definition) is 1. The van der Waals surface area contributed by atoms with Crippen LogP contribution >= 0.6 is 0 Å². The molecule has 0 amide bonds. The van der Waals surface area contributed by atoms with Crippen molar-refractivity contribution in [3.63, 3.8) is 0 Å². The Morgan fingerprint density at radius 2 is 2.22 bits per heavy atom. The van der Waals surface area contributed by atoms with Crippen molar-refractivity contribution in [3.8, 4) is 0 Å². The van der Waals surface area contributed by atoms with Gasteiger partial charge in [0.1, 0.15) is 5.82 Å². The van der Waals surface area contributed by atoms with Gasteiger partial charge in [-0.3, -0.25) is 0 Å². The van der Waals surface area contributed by atoms with Gasteiger partial charge in [0.25, 0.3) is 0 Å². The number of benzene rings is 1. The first-order valence-corrected chi connectivity index (χ1v) is 6.96. The minimum absolute atomic E-state index is 0.662. The Bertz CT molecular complexity index is 527. The minimum atomic E-state index is 0.662.